The van der Waals surface area contributed by atoms with Crippen molar-refractivity contribution in [2.75, 3.05) is 0 Å². The van der Waals surface area contributed by atoms with Gasteiger partial charge in [-0.2, -0.15) is 4.98 Å². The maximum absolute atomic E-state index is 9.71. The summed E-state index contributed by atoms with van der Waals surface area (Å²) in [6, 6.07) is 9.11. The van der Waals surface area contributed by atoms with Gasteiger partial charge in [-0.3, -0.25) is 4.98 Å². The minimum absolute atomic E-state index is 0.219. The molecule has 5 heteroatoms. The lowest BCUT2D eigenvalue weighted by Crippen LogP contribution is -1.90. The van der Waals surface area contributed by atoms with Crippen LogP contribution in [0.5, 0.6) is 5.75 Å². The molecule has 1 N–H and O–H groups in total. The monoisotopic (exact) mass is 267 g/mol. The van der Waals surface area contributed by atoms with Gasteiger partial charge in [0.2, 0.25) is 0 Å². The van der Waals surface area contributed by atoms with Crippen LogP contribution in [-0.2, 0) is 6.42 Å². The Morgan fingerprint density at radius 3 is 2.70 bits per heavy atom. The zero-order valence-corrected chi connectivity index (χ0v) is 10.9. The maximum Gasteiger partial charge on any atom is 0.258 e. The molecule has 20 heavy (non-hydrogen) atoms. The molecule has 0 radical (unpaired) electrons. The van der Waals surface area contributed by atoms with Crippen LogP contribution in [0.15, 0.2) is 47.2 Å². The summed E-state index contributed by atoms with van der Waals surface area (Å²) >= 11 is 0. The van der Waals surface area contributed by atoms with Crippen LogP contribution < -0.4 is 0 Å². The standard InChI is InChI=1S/C15H13N3O2/c1-10-2-3-12(9-13(10)19)15-17-14(18-20-15)8-11-4-6-16-7-5-11/h2-7,9,19H,8H2,1H3. The summed E-state index contributed by atoms with van der Waals surface area (Å²) in [5.74, 6) is 1.23. The number of phenolic OH excluding ortho intramolecular Hbond substituents is 1. The highest BCUT2D eigenvalue weighted by Gasteiger charge is 2.10. The molecule has 3 aromatic rings. The summed E-state index contributed by atoms with van der Waals surface area (Å²) in [6.07, 6.45) is 4.05. The van der Waals surface area contributed by atoms with E-state index >= 15 is 0 Å². The fourth-order valence-electron chi connectivity index (χ4n) is 1.87. The van der Waals surface area contributed by atoms with E-state index in [1.807, 2.05) is 31.2 Å². The minimum Gasteiger partial charge on any atom is -0.508 e. The average Bonchev–Trinajstić information content (AvgIpc) is 2.91. The number of aryl methyl sites for hydroxylation is 1. The first-order chi connectivity index (χ1) is 9.72. The van der Waals surface area contributed by atoms with E-state index in [2.05, 4.69) is 15.1 Å². The largest absolute Gasteiger partial charge is 0.508 e. The van der Waals surface area contributed by atoms with Crippen molar-refractivity contribution in [3.8, 4) is 17.2 Å². The Hall–Kier alpha value is -2.69. The van der Waals surface area contributed by atoms with E-state index in [-0.39, 0.29) is 5.75 Å². The summed E-state index contributed by atoms with van der Waals surface area (Å²) in [5.41, 5.74) is 2.59. The molecule has 0 atom stereocenters. The zero-order chi connectivity index (χ0) is 13.9. The fraction of sp³-hybridized carbons (Fsp3) is 0.133. The highest BCUT2D eigenvalue weighted by atomic mass is 16.5. The lowest BCUT2D eigenvalue weighted by molar-refractivity contribution is 0.423. The van der Waals surface area contributed by atoms with Crippen LogP contribution >= 0.6 is 0 Å². The lowest BCUT2D eigenvalue weighted by Gasteiger charge is -1.99. The van der Waals surface area contributed by atoms with Crippen LogP contribution in [0.4, 0.5) is 0 Å². The molecule has 5 nitrogen and oxygen atoms in total. The van der Waals surface area contributed by atoms with Gasteiger partial charge in [0.1, 0.15) is 5.75 Å². The van der Waals surface area contributed by atoms with Gasteiger partial charge < -0.3 is 9.63 Å². The van der Waals surface area contributed by atoms with Crippen molar-refractivity contribution in [3.63, 3.8) is 0 Å². The first-order valence-corrected chi connectivity index (χ1v) is 6.24. The predicted octanol–water partition coefficient (Wildman–Crippen LogP) is 2.74. The smallest absolute Gasteiger partial charge is 0.258 e. The second-order valence-electron chi connectivity index (χ2n) is 4.55. The highest BCUT2D eigenvalue weighted by Crippen LogP contribution is 2.25. The Labute approximate surface area is 115 Å². The number of rotatable bonds is 3. The number of benzene rings is 1. The van der Waals surface area contributed by atoms with E-state index in [4.69, 9.17) is 4.52 Å². The van der Waals surface area contributed by atoms with Gasteiger partial charge >= 0.3 is 0 Å². The van der Waals surface area contributed by atoms with Gasteiger partial charge in [0, 0.05) is 24.4 Å². The molecular formula is C15H13N3O2. The lowest BCUT2D eigenvalue weighted by atomic mass is 10.1. The normalized spacial score (nSPS) is 10.7. The van der Waals surface area contributed by atoms with Gasteiger partial charge in [-0.25, -0.2) is 0 Å². The predicted molar refractivity (Wildman–Crippen MR) is 73.2 cm³/mol. The average molecular weight is 267 g/mol. The van der Waals surface area contributed by atoms with Crippen molar-refractivity contribution in [2.24, 2.45) is 0 Å². The molecule has 1 aromatic carbocycles. The highest BCUT2D eigenvalue weighted by molar-refractivity contribution is 5.57. The third-order valence-corrected chi connectivity index (χ3v) is 3.04. The van der Waals surface area contributed by atoms with Crippen molar-refractivity contribution in [2.45, 2.75) is 13.3 Å². The van der Waals surface area contributed by atoms with E-state index in [0.29, 0.717) is 23.7 Å². The Morgan fingerprint density at radius 1 is 1.15 bits per heavy atom. The molecule has 0 fully saturated rings. The molecule has 100 valence electrons. The quantitative estimate of drug-likeness (QED) is 0.790. The molecule has 0 aliphatic rings. The van der Waals surface area contributed by atoms with Gasteiger partial charge in [0.25, 0.3) is 5.89 Å². The number of nitrogens with zero attached hydrogens (tertiary/aromatic N) is 3. The molecule has 2 heterocycles. The van der Waals surface area contributed by atoms with Crippen molar-refractivity contribution in [1.82, 2.24) is 15.1 Å². The van der Waals surface area contributed by atoms with E-state index < -0.39 is 0 Å². The fourth-order valence-corrected chi connectivity index (χ4v) is 1.87. The van der Waals surface area contributed by atoms with E-state index in [1.165, 1.54) is 0 Å². The zero-order valence-electron chi connectivity index (χ0n) is 10.9. The molecule has 0 aliphatic carbocycles. The van der Waals surface area contributed by atoms with Gasteiger partial charge in [0.05, 0.1) is 0 Å². The number of phenols is 1. The topological polar surface area (TPSA) is 72.0 Å². The molecule has 0 spiro atoms. The number of aromatic nitrogens is 3. The molecule has 0 aliphatic heterocycles. The summed E-state index contributed by atoms with van der Waals surface area (Å²) < 4.78 is 5.23. The van der Waals surface area contributed by atoms with E-state index in [0.717, 1.165) is 11.1 Å². The maximum atomic E-state index is 9.71. The molecule has 3 rings (SSSR count). The van der Waals surface area contributed by atoms with Gasteiger partial charge in [-0.05, 0) is 42.3 Å². The SMILES string of the molecule is Cc1ccc(-c2nc(Cc3ccncc3)no2)cc1O. The van der Waals surface area contributed by atoms with Gasteiger partial charge in [-0.1, -0.05) is 11.2 Å². The Bertz CT molecular complexity index is 723. The number of aromatic hydroxyl groups is 1. The van der Waals surface area contributed by atoms with Crippen LogP contribution in [-0.4, -0.2) is 20.2 Å². The number of pyridine rings is 1. The van der Waals surface area contributed by atoms with Crippen molar-refractivity contribution in [1.29, 1.82) is 0 Å². The van der Waals surface area contributed by atoms with Gasteiger partial charge in [0.15, 0.2) is 5.82 Å². The van der Waals surface area contributed by atoms with Crippen LogP contribution in [0, 0.1) is 6.92 Å². The first-order valence-electron chi connectivity index (χ1n) is 6.24. The van der Waals surface area contributed by atoms with E-state index in [9.17, 15) is 5.11 Å². The first kappa shape index (κ1) is 12.3. The van der Waals surface area contributed by atoms with Crippen LogP contribution in [0.3, 0.4) is 0 Å². The van der Waals surface area contributed by atoms with Crippen LogP contribution in [0.25, 0.3) is 11.5 Å². The van der Waals surface area contributed by atoms with Crippen LogP contribution in [0.2, 0.25) is 0 Å². The molecule has 0 bridgehead atoms. The summed E-state index contributed by atoms with van der Waals surface area (Å²) in [6.45, 7) is 1.84. The molecule has 0 saturated carbocycles. The minimum atomic E-state index is 0.219. The third kappa shape index (κ3) is 2.51. The third-order valence-electron chi connectivity index (χ3n) is 3.04. The second-order valence-corrected chi connectivity index (χ2v) is 4.55. The van der Waals surface area contributed by atoms with Crippen molar-refractivity contribution in [3.05, 3.63) is 59.7 Å². The van der Waals surface area contributed by atoms with Crippen molar-refractivity contribution >= 4 is 0 Å². The van der Waals surface area contributed by atoms with E-state index in [1.54, 1.807) is 18.5 Å². The number of hydrogen-bond donors (Lipinski definition) is 1. The molecular weight excluding hydrogens is 254 g/mol. The van der Waals surface area contributed by atoms with Crippen molar-refractivity contribution < 1.29 is 9.63 Å². The molecule has 2 aromatic heterocycles. The molecule has 0 unspecified atom stereocenters. The Balaban J connectivity index is 1.84. The van der Waals surface area contributed by atoms with Crippen LogP contribution in [0.1, 0.15) is 17.0 Å². The summed E-state index contributed by atoms with van der Waals surface area (Å²) in [7, 11) is 0. The molecule has 0 saturated heterocycles. The Kier molecular flexibility index (Phi) is 3.16. The Morgan fingerprint density at radius 2 is 1.95 bits per heavy atom. The summed E-state index contributed by atoms with van der Waals surface area (Å²) in [4.78, 5) is 8.30. The molecule has 0 amide bonds. The summed E-state index contributed by atoms with van der Waals surface area (Å²) in [5, 5.41) is 13.7. The number of hydrogen-bond acceptors (Lipinski definition) is 5. The second kappa shape index (κ2) is 5.13. The van der Waals surface area contributed by atoms with Gasteiger partial charge in [-0.15, -0.1) is 0 Å².